The number of nitrogens with two attached hydrogens (primary N) is 1. The highest BCUT2D eigenvalue weighted by Gasteiger charge is 2.24. The van der Waals surface area contributed by atoms with Gasteiger partial charge in [-0.1, -0.05) is 27.7 Å². The Morgan fingerprint density at radius 2 is 1.93 bits per heavy atom. The molecule has 0 saturated carbocycles. The predicted molar refractivity (Wildman–Crippen MR) is 66.8 cm³/mol. The Kier molecular flexibility index (Phi) is 4.60. The molecule has 0 aliphatic carbocycles. The van der Waals surface area contributed by atoms with E-state index in [-0.39, 0.29) is 0 Å². The third kappa shape index (κ3) is 4.12. The molecule has 2 heteroatoms. The number of likely N-dealkylation sites (tertiary alicyclic amines) is 1. The van der Waals surface area contributed by atoms with Crippen molar-refractivity contribution < 1.29 is 0 Å². The van der Waals surface area contributed by atoms with Crippen LogP contribution in [0.25, 0.3) is 0 Å². The van der Waals surface area contributed by atoms with Gasteiger partial charge in [0.2, 0.25) is 0 Å². The zero-order valence-electron chi connectivity index (χ0n) is 10.9. The van der Waals surface area contributed by atoms with Crippen LogP contribution < -0.4 is 5.73 Å². The van der Waals surface area contributed by atoms with E-state index in [9.17, 15) is 0 Å². The lowest BCUT2D eigenvalue weighted by Crippen LogP contribution is -2.40. The van der Waals surface area contributed by atoms with E-state index >= 15 is 0 Å². The number of rotatable bonds is 4. The van der Waals surface area contributed by atoms with Crippen LogP contribution in [0.3, 0.4) is 0 Å². The lowest BCUT2D eigenvalue weighted by molar-refractivity contribution is 0.123. The highest BCUT2D eigenvalue weighted by atomic mass is 15.1. The van der Waals surface area contributed by atoms with Gasteiger partial charge in [-0.2, -0.15) is 0 Å². The van der Waals surface area contributed by atoms with Gasteiger partial charge in [-0.15, -0.1) is 0 Å². The third-order valence-electron chi connectivity index (χ3n) is 4.08. The first-order valence-electron chi connectivity index (χ1n) is 6.37. The molecule has 0 aromatic carbocycles. The first kappa shape index (κ1) is 13.0. The van der Waals surface area contributed by atoms with Crippen molar-refractivity contribution in [3.63, 3.8) is 0 Å². The molecule has 1 fully saturated rings. The molecule has 90 valence electrons. The SMILES string of the molecule is CC1CCN(CCC(C)(C)CN)CC1C. The molecule has 2 N–H and O–H groups in total. The molecular weight excluding hydrogens is 184 g/mol. The molecule has 1 aliphatic rings. The topological polar surface area (TPSA) is 29.3 Å². The van der Waals surface area contributed by atoms with Crippen LogP contribution in [0.15, 0.2) is 0 Å². The molecule has 0 aromatic rings. The minimum Gasteiger partial charge on any atom is -0.330 e. The molecule has 1 heterocycles. The Balaban J connectivity index is 2.28. The maximum Gasteiger partial charge on any atom is 0.000958 e. The summed E-state index contributed by atoms with van der Waals surface area (Å²) in [4.78, 5) is 2.61. The van der Waals surface area contributed by atoms with E-state index in [2.05, 4.69) is 32.6 Å². The largest absolute Gasteiger partial charge is 0.330 e. The molecule has 0 amide bonds. The molecular formula is C13H28N2. The molecule has 0 radical (unpaired) electrons. The van der Waals surface area contributed by atoms with Gasteiger partial charge in [-0.3, -0.25) is 0 Å². The second kappa shape index (κ2) is 5.31. The highest BCUT2D eigenvalue weighted by Crippen LogP contribution is 2.24. The molecule has 2 nitrogen and oxygen atoms in total. The zero-order chi connectivity index (χ0) is 11.5. The van der Waals surface area contributed by atoms with Gasteiger partial charge in [-0.05, 0) is 49.7 Å². The molecule has 0 spiro atoms. The van der Waals surface area contributed by atoms with E-state index in [1.165, 1.54) is 32.5 Å². The van der Waals surface area contributed by atoms with Crippen LogP contribution in [-0.4, -0.2) is 31.1 Å². The quantitative estimate of drug-likeness (QED) is 0.775. The summed E-state index contributed by atoms with van der Waals surface area (Å²) >= 11 is 0. The summed E-state index contributed by atoms with van der Waals surface area (Å²) in [7, 11) is 0. The molecule has 2 atom stereocenters. The van der Waals surface area contributed by atoms with Crippen molar-refractivity contribution in [1.82, 2.24) is 4.90 Å². The smallest absolute Gasteiger partial charge is 0.000958 e. The van der Waals surface area contributed by atoms with Gasteiger partial charge in [0, 0.05) is 6.54 Å². The lowest BCUT2D eigenvalue weighted by atomic mass is 9.86. The molecule has 0 bridgehead atoms. The fraction of sp³-hybridized carbons (Fsp3) is 1.00. The van der Waals surface area contributed by atoms with Gasteiger partial charge in [0.25, 0.3) is 0 Å². The monoisotopic (exact) mass is 212 g/mol. The number of nitrogens with zero attached hydrogens (tertiary/aromatic N) is 1. The Morgan fingerprint density at radius 1 is 1.27 bits per heavy atom. The van der Waals surface area contributed by atoms with E-state index in [4.69, 9.17) is 5.73 Å². The molecule has 1 aliphatic heterocycles. The fourth-order valence-corrected chi connectivity index (χ4v) is 2.12. The van der Waals surface area contributed by atoms with Crippen molar-refractivity contribution in [2.45, 2.75) is 40.5 Å². The zero-order valence-corrected chi connectivity index (χ0v) is 10.9. The van der Waals surface area contributed by atoms with Crippen molar-refractivity contribution in [2.75, 3.05) is 26.2 Å². The lowest BCUT2D eigenvalue weighted by Gasteiger charge is -2.37. The predicted octanol–water partition coefficient (Wildman–Crippen LogP) is 2.34. The minimum absolute atomic E-state index is 0.312. The van der Waals surface area contributed by atoms with Gasteiger partial charge in [-0.25, -0.2) is 0 Å². The van der Waals surface area contributed by atoms with E-state index in [1.807, 2.05) is 0 Å². The Labute approximate surface area is 95.2 Å². The molecule has 1 rings (SSSR count). The summed E-state index contributed by atoms with van der Waals surface area (Å²) in [6.07, 6.45) is 2.59. The van der Waals surface area contributed by atoms with Gasteiger partial charge < -0.3 is 10.6 Å². The van der Waals surface area contributed by atoms with Crippen molar-refractivity contribution in [3.05, 3.63) is 0 Å². The van der Waals surface area contributed by atoms with Crippen LogP contribution in [0, 0.1) is 17.3 Å². The van der Waals surface area contributed by atoms with E-state index in [0.717, 1.165) is 18.4 Å². The normalized spacial score (nSPS) is 29.4. The maximum absolute atomic E-state index is 5.75. The van der Waals surface area contributed by atoms with Crippen LogP contribution in [0.2, 0.25) is 0 Å². The fourth-order valence-electron chi connectivity index (χ4n) is 2.12. The van der Waals surface area contributed by atoms with Crippen LogP contribution in [0.4, 0.5) is 0 Å². The average Bonchev–Trinajstić information content (AvgIpc) is 2.20. The second-order valence-corrected chi connectivity index (χ2v) is 6.16. The summed E-state index contributed by atoms with van der Waals surface area (Å²) in [5, 5.41) is 0. The van der Waals surface area contributed by atoms with E-state index in [1.54, 1.807) is 0 Å². The number of hydrogen-bond donors (Lipinski definition) is 1. The van der Waals surface area contributed by atoms with Crippen molar-refractivity contribution in [2.24, 2.45) is 23.0 Å². The van der Waals surface area contributed by atoms with Crippen molar-refractivity contribution in [1.29, 1.82) is 0 Å². The minimum atomic E-state index is 0.312. The molecule has 15 heavy (non-hydrogen) atoms. The van der Waals surface area contributed by atoms with Gasteiger partial charge in [0.15, 0.2) is 0 Å². The van der Waals surface area contributed by atoms with Crippen LogP contribution >= 0.6 is 0 Å². The van der Waals surface area contributed by atoms with E-state index in [0.29, 0.717) is 5.41 Å². The summed E-state index contributed by atoms with van der Waals surface area (Å²) in [6.45, 7) is 13.9. The van der Waals surface area contributed by atoms with Crippen molar-refractivity contribution in [3.8, 4) is 0 Å². The molecule has 1 saturated heterocycles. The number of piperidine rings is 1. The average molecular weight is 212 g/mol. The maximum atomic E-state index is 5.75. The third-order valence-corrected chi connectivity index (χ3v) is 4.08. The number of hydrogen-bond acceptors (Lipinski definition) is 2. The van der Waals surface area contributed by atoms with Crippen LogP contribution in [-0.2, 0) is 0 Å². The van der Waals surface area contributed by atoms with Crippen LogP contribution in [0.1, 0.15) is 40.5 Å². The highest BCUT2D eigenvalue weighted by molar-refractivity contribution is 4.78. The van der Waals surface area contributed by atoms with Gasteiger partial charge in [0.1, 0.15) is 0 Å². The van der Waals surface area contributed by atoms with Crippen LogP contribution in [0.5, 0.6) is 0 Å². The molecule has 2 unspecified atom stereocenters. The van der Waals surface area contributed by atoms with Gasteiger partial charge >= 0.3 is 0 Å². The first-order chi connectivity index (χ1) is 6.94. The first-order valence-corrected chi connectivity index (χ1v) is 6.37. The Bertz CT molecular complexity index is 189. The Morgan fingerprint density at radius 3 is 2.47 bits per heavy atom. The summed E-state index contributed by atoms with van der Waals surface area (Å²) in [6, 6.07) is 0. The van der Waals surface area contributed by atoms with Crippen molar-refractivity contribution >= 4 is 0 Å². The van der Waals surface area contributed by atoms with E-state index < -0.39 is 0 Å². The summed E-state index contributed by atoms with van der Waals surface area (Å²) < 4.78 is 0. The summed E-state index contributed by atoms with van der Waals surface area (Å²) in [5.74, 6) is 1.77. The van der Waals surface area contributed by atoms with Gasteiger partial charge in [0.05, 0.1) is 0 Å². The summed E-state index contributed by atoms with van der Waals surface area (Å²) in [5.41, 5.74) is 6.06. The Hall–Kier alpha value is -0.0800. The standard InChI is InChI=1S/C13H28N2/c1-11-5-7-15(9-12(11)2)8-6-13(3,4)10-14/h11-12H,5-10,14H2,1-4H3. The molecule has 0 aromatic heterocycles. The second-order valence-electron chi connectivity index (χ2n) is 6.16.